The van der Waals surface area contributed by atoms with Crippen molar-refractivity contribution in [2.75, 3.05) is 19.1 Å². The fourth-order valence-electron chi connectivity index (χ4n) is 1.62. The Morgan fingerprint density at radius 2 is 2.29 bits per heavy atom. The van der Waals surface area contributed by atoms with Gasteiger partial charge in [-0.3, -0.25) is 0 Å². The largest absolute Gasteiger partial charge is 0.370 e. The van der Waals surface area contributed by atoms with E-state index >= 15 is 0 Å². The second-order valence-electron chi connectivity index (χ2n) is 4.50. The van der Waals surface area contributed by atoms with Gasteiger partial charge in [-0.25, -0.2) is 0 Å². The standard InChI is InChI=1S/C14H21NOS/c1-2-15-9-13-4-3-5-14(8-13)17-11-16-10-12-6-7-12/h3-5,8,12,15H,2,6-7,9-11H2,1H3. The molecule has 0 amide bonds. The summed E-state index contributed by atoms with van der Waals surface area (Å²) in [6, 6.07) is 8.68. The van der Waals surface area contributed by atoms with Gasteiger partial charge in [0.1, 0.15) is 0 Å². The lowest BCUT2D eigenvalue weighted by atomic mass is 10.2. The van der Waals surface area contributed by atoms with Crippen LogP contribution in [-0.4, -0.2) is 19.1 Å². The van der Waals surface area contributed by atoms with Crippen molar-refractivity contribution in [3.8, 4) is 0 Å². The van der Waals surface area contributed by atoms with Gasteiger partial charge in [0.05, 0.1) is 12.5 Å². The number of hydrogen-bond acceptors (Lipinski definition) is 3. The molecular formula is C14H21NOS. The van der Waals surface area contributed by atoms with Crippen molar-refractivity contribution in [2.24, 2.45) is 5.92 Å². The fourth-order valence-corrected chi connectivity index (χ4v) is 2.35. The van der Waals surface area contributed by atoms with Crippen LogP contribution in [0, 0.1) is 5.92 Å². The summed E-state index contributed by atoms with van der Waals surface area (Å²) in [4.78, 5) is 1.30. The topological polar surface area (TPSA) is 21.3 Å². The van der Waals surface area contributed by atoms with Crippen molar-refractivity contribution in [1.82, 2.24) is 5.32 Å². The molecule has 3 heteroatoms. The number of rotatable bonds is 8. The Morgan fingerprint density at radius 1 is 1.41 bits per heavy atom. The monoisotopic (exact) mass is 251 g/mol. The van der Waals surface area contributed by atoms with Crippen LogP contribution in [0.15, 0.2) is 29.2 Å². The van der Waals surface area contributed by atoms with E-state index in [1.54, 1.807) is 11.8 Å². The molecule has 0 radical (unpaired) electrons. The third kappa shape index (κ3) is 5.11. The molecule has 0 unspecified atom stereocenters. The Bertz CT molecular complexity index is 339. The van der Waals surface area contributed by atoms with Gasteiger partial charge in [-0.2, -0.15) is 0 Å². The zero-order valence-electron chi connectivity index (χ0n) is 10.4. The Balaban J connectivity index is 1.70. The smallest absolute Gasteiger partial charge is 0.0967 e. The van der Waals surface area contributed by atoms with E-state index in [2.05, 4.69) is 36.5 Å². The molecule has 1 fully saturated rings. The highest BCUT2D eigenvalue weighted by Crippen LogP contribution is 2.29. The number of hydrogen-bond donors (Lipinski definition) is 1. The van der Waals surface area contributed by atoms with E-state index in [-0.39, 0.29) is 0 Å². The molecule has 1 aliphatic rings. The molecule has 1 N–H and O–H groups in total. The van der Waals surface area contributed by atoms with E-state index < -0.39 is 0 Å². The third-order valence-corrected chi connectivity index (χ3v) is 3.71. The van der Waals surface area contributed by atoms with Crippen molar-refractivity contribution in [3.63, 3.8) is 0 Å². The number of ether oxygens (including phenoxy) is 1. The lowest BCUT2D eigenvalue weighted by Gasteiger charge is -2.06. The van der Waals surface area contributed by atoms with Gasteiger partial charge in [0.2, 0.25) is 0 Å². The highest BCUT2D eigenvalue weighted by Gasteiger charge is 2.20. The Morgan fingerprint density at radius 3 is 3.06 bits per heavy atom. The predicted molar refractivity (Wildman–Crippen MR) is 73.2 cm³/mol. The van der Waals surface area contributed by atoms with Crippen molar-refractivity contribution < 1.29 is 4.74 Å². The SMILES string of the molecule is CCNCc1cccc(SCOCC2CC2)c1. The van der Waals surface area contributed by atoms with E-state index in [1.165, 1.54) is 23.3 Å². The summed E-state index contributed by atoms with van der Waals surface area (Å²) in [5.41, 5.74) is 1.35. The molecule has 0 heterocycles. The number of nitrogens with one attached hydrogen (secondary N) is 1. The lowest BCUT2D eigenvalue weighted by molar-refractivity contribution is 0.171. The average molecular weight is 251 g/mol. The molecule has 0 saturated heterocycles. The van der Waals surface area contributed by atoms with Gasteiger partial charge in [-0.15, -0.1) is 0 Å². The van der Waals surface area contributed by atoms with E-state index in [9.17, 15) is 0 Å². The molecule has 0 bridgehead atoms. The minimum Gasteiger partial charge on any atom is -0.370 e. The fraction of sp³-hybridized carbons (Fsp3) is 0.571. The molecule has 0 spiro atoms. The van der Waals surface area contributed by atoms with Gasteiger partial charge in [0.15, 0.2) is 0 Å². The van der Waals surface area contributed by atoms with E-state index in [0.717, 1.165) is 31.6 Å². The Kier molecular flexibility index (Phi) is 5.36. The van der Waals surface area contributed by atoms with Crippen molar-refractivity contribution >= 4 is 11.8 Å². The zero-order valence-corrected chi connectivity index (χ0v) is 11.3. The minimum absolute atomic E-state index is 0.779. The summed E-state index contributed by atoms with van der Waals surface area (Å²) in [5.74, 6) is 1.64. The zero-order chi connectivity index (χ0) is 11.9. The highest BCUT2D eigenvalue weighted by atomic mass is 32.2. The average Bonchev–Trinajstić information content (AvgIpc) is 3.17. The first kappa shape index (κ1) is 12.9. The van der Waals surface area contributed by atoms with Crippen molar-refractivity contribution in [2.45, 2.75) is 31.2 Å². The van der Waals surface area contributed by atoms with Crippen LogP contribution in [0.1, 0.15) is 25.3 Å². The molecule has 1 saturated carbocycles. The van der Waals surface area contributed by atoms with Gasteiger partial charge in [-0.1, -0.05) is 30.8 Å². The first-order valence-corrected chi connectivity index (χ1v) is 7.37. The summed E-state index contributed by atoms with van der Waals surface area (Å²) in [6.07, 6.45) is 2.73. The van der Waals surface area contributed by atoms with Crippen LogP contribution in [-0.2, 0) is 11.3 Å². The normalized spacial score (nSPS) is 15.1. The lowest BCUT2D eigenvalue weighted by Crippen LogP contribution is -2.11. The van der Waals surface area contributed by atoms with E-state index in [1.807, 2.05) is 0 Å². The molecular weight excluding hydrogens is 230 g/mol. The molecule has 0 atom stereocenters. The highest BCUT2D eigenvalue weighted by molar-refractivity contribution is 7.99. The van der Waals surface area contributed by atoms with Crippen LogP contribution in [0.3, 0.4) is 0 Å². The second-order valence-corrected chi connectivity index (χ2v) is 5.50. The maximum Gasteiger partial charge on any atom is 0.0967 e. The summed E-state index contributed by atoms with van der Waals surface area (Å²) in [5, 5.41) is 3.34. The Hall–Kier alpha value is -0.510. The summed E-state index contributed by atoms with van der Waals surface area (Å²) in [7, 11) is 0. The summed E-state index contributed by atoms with van der Waals surface area (Å²) in [6.45, 7) is 5.05. The van der Waals surface area contributed by atoms with Crippen LogP contribution in [0.5, 0.6) is 0 Å². The first-order chi connectivity index (χ1) is 8.38. The quantitative estimate of drug-likeness (QED) is 0.435. The van der Waals surface area contributed by atoms with Gasteiger partial charge in [0.25, 0.3) is 0 Å². The van der Waals surface area contributed by atoms with E-state index in [4.69, 9.17) is 4.74 Å². The molecule has 2 rings (SSSR count). The van der Waals surface area contributed by atoms with Crippen LogP contribution in [0.4, 0.5) is 0 Å². The number of benzene rings is 1. The first-order valence-electron chi connectivity index (χ1n) is 6.38. The molecule has 2 nitrogen and oxygen atoms in total. The molecule has 0 aliphatic heterocycles. The van der Waals surface area contributed by atoms with Crippen LogP contribution in [0.2, 0.25) is 0 Å². The summed E-state index contributed by atoms with van der Waals surface area (Å²) >= 11 is 1.79. The van der Waals surface area contributed by atoms with Gasteiger partial charge >= 0.3 is 0 Å². The second kappa shape index (κ2) is 7.04. The van der Waals surface area contributed by atoms with E-state index in [0.29, 0.717) is 0 Å². The maximum absolute atomic E-state index is 5.63. The Labute approximate surface area is 108 Å². The van der Waals surface area contributed by atoms with Gasteiger partial charge in [0, 0.05) is 11.4 Å². The molecule has 1 aliphatic carbocycles. The predicted octanol–water partition coefficient (Wildman–Crippen LogP) is 3.27. The maximum atomic E-state index is 5.63. The molecule has 17 heavy (non-hydrogen) atoms. The minimum atomic E-state index is 0.779. The van der Waals surface area contributed by atoms with Crippen molar-refractivity contribution in [3.05, 3.63) is 29.8 Å². The summed E-state index contributed by atoms with van der Waals surface area (Å²) < 4.78 is 5.63. The van der Waals surface area contributed by atoms with Gasteiger partial charge in [-0.05, 0) is 43.0 Å². The molecule has 94 valence electrons. The van der Waals surface area contributed by atoms with Crippen LogP contribution in [0.25, 0.3) is 0 Å². The van der Waals surface area contributed by atoms with Crippen LogP contribution >= 0.6 is 11.8 Å². The van der Waals surface area contributed by atoms with Crippen LogP contribution < -0.4 is 5.32 Å². The number of thioether (sulfide) groups is 1. The molecule has 0 aromatic heterocycles. The molecule has 1 aromatic carbocycles. The molecule has 1 aromatic rings. The third-order valence-electron chi connectivity index (χ3n) is 2.84. The van der Waals surface area contributed by atoms with Gasteiger partial charge < -0.3 is 10.1 Å². The van der Waals surface area contributed by atoms with Crippen molar-refractivity contribution in [1.29, 1.82) is 0 Å².